The summed E-state index contributed by atoms with van der Waals surface area (Å²) in [5.74, 6) is 1.70. The topological polar surface area (TPSA) is 105 Å². The summed E-state index contributed by atoms with van der Waals surface area (Å²) in [6.07, 6.45) is 7.56. The number of hydrogen-bond acceptors (Lipinski definition) is 5. The van der Waals surface area contributed by atoms with E-state index < -0.39 is 0 Å². The van der Waals surface area contributed by atoms with Gasteiger partial charge in [0.1, 0.15) is 12.9 Å². The lowest BCUT2D eigenvalue weighted by atomic mass is 9.85. The van der Waals surface area contributed by atoms with Crippen LogP contribution in [-0.2, 0) is 16.1 Å². The summed E-state index contributed by atoms with van der Waals surface area (Å²) in [7, 11) is 0. The third-order valence-corrected chi connectivity index (χ3v) is 6.79. The fourth-order valence-electron chi connectivity index (χ4n) is 5.29. The summed E-state index contributed by atoms with van der Waals surface area (Å²) in [5, 5.41) is 14.7. The van der Waals surface area contributed by atoms with Gasteiger partial charge >= 0.3 is 0 Å². The summed E-state index contributed by atoms with van der Waals surface area (Å²) >= 11 is 0. The van der Waals surface area contributed by atoms with Crippen LogP contribution in [0.1, 0.15) is 25.6 Å². The van der Waals surface area contributed by atoms with Gasteiger partial charge in [0.2, 0.25) is 11.8 Å². The minimum atomic E-state index is -0.124. The first-order chi connectivity index (χ1) is 16.2. The van der Waals surface area contributed by atoms with Gasteiger partial charge in [0.25, 0.3) is 0 Å². The number of hydrogen-bond donors (Lipinski definition) is 2. The van der Waals surface area contributed by atoms with Crippen molar-refractivity contribution < 1.29 is 9.59 Å². The number of imide groups is 1. The Labute approximate surface area is 216 Å². The first kappa shape index (κ1) is 24.4. The number of nitrogens with zero attached hydrogens (tertiary/aromatic N) is 5. The van der Waals surface area contributed by atoms with Gasteiger partial charge in [0.15, 0.2) is 11.8 Å². The van der Waals surface area contributed by atoms with Crippen molar-refractivity contribution in [3.63, 3.8) is 0 Å². The molecule has 4 atom stereocenters. The molecule has 4 unspecified atom stereocenters. The molecule has 2 aromatic rings. The number of guanidine groups is 1. The number of allylic oxidation sites excluding steroid dienone is 2. The van der Waals surface area contributed by atoms with Crippen molar-refractivity contribution in [2.24, 2.45) is 28.7 Å². The number of aromatic nitrogens is 3. The molecule has 0 spiro atoms. The second-order valence-electron chi connectivity index (χ2n) is 8.76. The monoisotopic (exact) mass is 575 g/mol. The molecule has 1 saturated heterocycles. The van der Waals surface area contributed by atoms with E-state index in [2.05, 4.69) is 38.0 Å². The molecule has 2 heterocycles. The summed E-state index contributed by atoms with van der Waals surface area (Å²) in [5.41, 5.74) is 0.985. The zero-order valence-corrected chi connectivity index (χ0v) is 21.5. The van der Waals surface area contributed by atoms with E-state index in [4.69, 9.17) is 0 Å². The summed E-state index contributed by atoms with van der Waals surface area (Å²) < 4.78 is 1.91. The Morgan fingerprint density at radius 2 is 1.79 bits per heavy atom. The van der Waals surface area contributed by atoms with Crippen molar-refractivity contribution in [2.45, 2.75) is 26.3 Å². The lowest BCUT2D eigenvalue weighted by Crippen LogP contribution is -2.40. The largest absolute Gasteiger partial charge is 0.357 e. The van der Waals surface area contributed by atoms with Crippen molar-refractivity contribution in [1.82, 2.24) is 30.3 Å². The van der Waals surface area contributed by atoms with Crippen LogP contribution in [0, 0.1) is 23.7 Å². The highest BCUT2D eigenvalue weighted by Gasteiger charge is 2.58. The summed E-state index contributed by atoms with van der Waals surface area (Å²) in [6.45, 7) is 4.14. The molecule has 3 aliphatic rings. The third-order valence-electron chi connectivity index (χ3n) is 6.79. The van der Waals surface area contributed by atoms with Crippen molar-refractivity contribution in [3.8, 4) is 5.69 Å². The van der Waals surface area contributed by atoms with Crippen molar-refractivity contribution in [3.05, 3.63) is 54.6 Å². The summed E-state index contributed by atoms with van der Waals surface area (Å²) in [6, 6.07) is 9.90. The van der Waals surface area contributed by atoms with E-state index in [-0.39, 0.29) is 59.5 Å². The number of likely N-dealkylation sites (tertiary alicyclic amines) is 1. The van der Waals surface area contributed by atoms with E-state index in [9.17, 15) is 9.59 Å². The zero-order valence-electron chi connectivity index (χ0n) is 19.1. The molecule has 0 radical (unpaired) electrons. The number of carbonyl (C=O) groups excluding carboxylic acids is 2. The normalized spacial score (nSPS) is 25.0. The first-order valence-corrected chi connectivity index (χ1v) is 11.7. The second kappa shape index (κ2) is 10.7. The van der Waals surface area contributed by atoms with E-state index in [1.807, 2.05) is 41.8 Å². The molecular weight excluding hydrogens is 545 g/mol. The number of benzene rings is 1. The number of fused-ring (bicyclic) bond motifs is 5. The Balaban J connectivity index is 0.00000274. The third kappa shape index (κ3) is 4.59. The van der Waals surface area contributed by atoms with Crippen LogP contribution in [0.5, 0.6) is 0 Å². The van der Waals surface area contributed by atoms with Gasteiger partial charge in [-0.1, -0.05) is 30.4 Å². The Hall–Kier alpha value is -2.76. The molecule has 2 aliphatic carbocycles. The number of carbonyl (C=O) groups is 2. The smallest absolute Gasteiger partial charge is 0.233 e. The molecule has 9 nitrogen and oxygen atoms in total. The molecule has 2 amide bonds. The van der Waals surface area contributed by atoms with E-state index >= 15 is 0 Å². The van der Waals surface area contributed by atoms with Crippen LogP contribution in [0.15, 0.2) is 53.8 Å². The van der Waals surface area contributed by atoms with E-state index in [0.29, 0.717) is 32.0 Å². The van der Waals surface area contributed by atoms with Crippen LogP contribution in [-0.4, -0.2) is 57.1 Å². The van der Waals surface area contributed by atoms with E-state index in [1.54, 1.807) is 6.33 Å². The zero-order chi connectivity index (χ0) is 22.8. The quantitative estimate of drug-likeness (QED) is 0.125. The molecule has 1 saturated carbocycles. The van der Waals surface area contributed by atoms with Crippen LogP contribution in [0.25, 0.3) is 5.69 Å². The minimum Gasteiger partial charge on any atom is -0.357 e. The van der Waals surface area contributed by atoms with Gasteiger partial charge in [-0.15, -0.1) is 34.2 Å². The predicted octanol–water partition coefficient (Wildman–Crippen LogP) is 2.14. The summed E-state index contributed by atoms with van der Waals surface area (Å²) in [4.78, 5) is 31.7. The number of amides is 2. The Kier molecular flexibility index (Phi) is 7.64. The number of para-hydroxylation sites is 1. The average Bonchev–Trinajstić information content (AvgIpc) is 3.61. The molecule has 1 aromatic carbocycles. The van der Waals surface area contributed by atoms with Gasteiger partial charge in [0, 0.05) is 25.3 Å². The Bertz CT molecular complexity index is 1050. The molecule has 5 rings (SSSR count). The van der Waals surface area contributed by atoms with Gasteiger partial charge in [-0.2, -0.15) is 0 Å². The molecule has 10 heteroatoms. The molecule has 34 heavy (non-hydrogen) atoms. The average molecular weight is 575 g/mol. The van der Waals surface area contributed by atoms with Gasteiger partial charge in [-0.3, -0.25) is 19.1 Å². The Morgan fingerprint density at radius 3 is 2.47 bits per heavy atom. The SMILES string of the molecule is CCNC(=NCc1nncn1-c1ccccc1)NCCCN1C(=O)C2C3C=CC(C3)C2C1=O.I. The van der Waals surface area contributed by atoms with E-state index in [1.165, 1.54) is 4.90 Å². The number of nitrogens with one attached hydrogen (secondary N) is 2. The number of halogens is 1. The highest BCUT2D eigenvalue weighted by Crippen LogP contribution is 2.52. The van der Waals surface area contributed by atoms with Crippen molar-refractivity contribution in [1.29, 1.82) is 0 Å². The highest BCUT2D eigenvalue weighted by molar-refractivity contribution is 14.0. The molecule has 180 valence electrons. The lowest BCUT2D eigenvalue weighted by Gasteiger charge is -2.18. The van der Waals surface area contributed by atoms with Crippen LogP contribution in [0.3, 0.4) is 0 Å². The second-order valence-corrected chi connectivity index (χ2v) is 8.76. The molecule has 2 fully saturated rings. The molecule has 1 aromatic heterocycles. The fraction of sp³-hybridized carbons (Fsp3) is 0.458. The first-order valence-electron chi connectivity index (χ1n) is 11.7. The van der Waals surface area contributed by atoms with E-state index in [0.717, 1.165) is 24.5 Å². The lowest BCUT2D eigenvalue weighted by molar-refractivity contribution is -0.140. The highest BCUT2D eigenvalue weighted by atomic mass is 127. The maximum Gasteiger partial charge on any atom is 0.233 e. The van der Waals surface area contributed by atoms with Crippen LogP contribution < -0.4 is 10.6 Å². The van der Waals surface area contributed by atoms with Crippen molar-refractivity contribution in [2.75, 3.05) is 19.6 Å². The molecule has 2 bridgehead atoms. The number of rotatable bonds is 8. The van der Waals surface area contributed by atoms with Crippen molar-refractivity contribution >= 4 is 41.8 Å². The molecule has 1 aliphatic heterocycles. The minimum absolute atomic E-state index is 0. The van der Waals surface area contributed by atoms with Gasteiger partial charge in [0.05, 0.1) is 11.8 Å². The van der Waals surface area contributed by atoms with Gasteiger partial charge < -0.3 is 10.6 Å². The number of aliphatic imine (C=N–C) groups is 1. The predicted molar refractivity (Wildman–Crippen MR) is 139 cm³/mol. The molecular formula is C24H30IN7O2. The Morgan fingerprint density at radius 1 is 1.09 bits per heavy atom. The van der Waals surface area contributed by atoms with Gasteiger partial charge in [-0.25, -0.2) is 4.99 Å². The maximum atomic E-state index is 12.8. The van der Waals surface area contributed by atoms with Crippen LogP contribution in [0.4, 0.5) is 0 Å². The standard InChI is InChI=1S/C24H29N7O2.HI/c1-2-25-24(27-14-19-29-28-15-31(19)18-7-4-3-5-8-18)26-11-6-12-30-22(32)20-16-9-10-17(13-16)21(20)23(30)33;/h3-5,7-10,15-17,20-21H,2,6,11-14H2,1H3,(H2,25,26,27);1H. The van der Waals surface area contributed by atoms with Crippen LogP contribution in [0.2, 0.25) is 0 Å². The van der Waals surface area contributed by atoms with Crippen LogP contribution >= 0.6 is 24.0 Å². The molecule has 2 N–H and O–H groups in total. The fourth-order valence-corrected chi connectivity index (χ4v) is 5.29. The maximum absolute atomic E-state index is 12.8. The van der Waals surface area contributed by atoms with Gasteiger partial charge in [-0.05, 0) is 43.7 Å².